The fourth-order valence-corrected chi connectivity index (χ4v) is 3.17. The van der Waals surface area contributed by atoms with Gasteiger partial charge in [-0.05, 0) is 28.8 Å². The van der Waals surface area contributed by atoms with Crippen LogP contribution in [-0.4, -0.2) is 35.9 Å². The molecule has 4 nitrogen and oxygen atoms in total. The number of hydrogen-bond acceptors (Lipinski definition) is 4. The van der Waals surface area contributed by atoms with Crippen LogP contribution in [0.15, 0.2) is 9.85 Å². The van der Waals surface area contributed by atoms with E-state index in [-0.39, 0.29) is 17.8 Å². The normalized spacial score (nSPS) is 17.2. The lowest BCUT2D eigenvalue weighted by Crippen LogP contribution is -2.38. The Balaban J connectivity index is 0.000000322. The van der Waals surface area contributed by atoms with Crippen molar-refractivity contribution < 1.29 is 27.5 Å². The summed E-state index contributed by atoms with van der Waals surface area (Å²) in [7, 11) is 0. The first-order chi connectivity index (χ1) is 10.5. The number of carboxylic acid groups (broad SMARTS) is 1. The summed E-state index contributed by atoms with van der Waals surface area (Å²) in [6, 6.07) is 0.624. The fraction of sp³-hybridized carbons (Fsp3) is 0.615. The van der Waals surface area contributed by atoms with Crippen LogP contribution < -0.4 is 11.1 Å². The summed E-state index contributed by atoms with van der Waals surface area (Å²) in [5.41, 5.74) is 6.07. The van der Waals surface area contributed by atoms with E-state index in [4.69, 9.17) is 15.6 Å². The summed E-state index contributed by atoms with van der Waals surface area (Å²) in [5, 5.41) is 12.3. The van der Waals surface area contributed by atoms with Crippen molar-refractivity contribution in [1.29, 1.82) is 0 Å². The van der Waals surface area contributed by atoms with E-state index in [0.717, 1.165) is 11.4 Å². The van der Waals surface area contributed by atoms with E-state index in [1.54, 1.807) is 5.38 Å². The summed E-state index contributed by atoms with van der Waals surface area (Å²) in [5.74, 6) is -2.85. The number of carbonyl (C=O) groups is 1. The molecule has 1 saturated carbocycles. The Kier molecular flexibility index (Phi) is 7.43. The lowest BCUT2D eigenvalue weighted by molar-refractivity contribution is -0.192. The predicted octanol–water partition coefficient (Wildman–Crippen LogP) is 3.47. The molecule has 132 valence electrons. The van der Waals surface area contributed by atoms with Crippen molar-refractivity contribution in [2.24, 2.45) is 5.73 Å². The van der Waals surface area contributed by atoms with Gasteiger partial charge in [0.15, 0.2) is 5.82 Å². The van der Waals surface area contributed by atoms with E-state index in [1.807, 2.05) is 6.92 Å². The van der Waals surface area contributed by atoms with E-state index in [1.165, 1.54) is 24.2 Å². The van der Waals surface area contributed by atoms with Crippen LogP contribution in [0.5, 0.6) is 0 Å². The van der Waals surface area contributed by atoms with Crippen molar-refractivity contribution in [1.82, 2.24) is 5.32 Å². The van der Waals surface area contributed by atoms with Crippen molar-refractivity contribution in [3.05, 3.63) is 20.5 Å². The molecule has 2 unspecified atom stereocenters. The topological polar surface area (TPSA) is 75.3 Å². The molecule has 0 saturated heterocycles. The van der Waals surface area contributed by atoms with Gasteiger partial charge in [0.05, 0.1) is 4.47 Å². The molecule has 1 heterocycles. The first kappa shape index (κ1) is 20.3. The van der Waals surface area contributed by atoms with Crippen LogP contribution in [-0.2, 0) is 4.79 Å². The molecule has 0 aliphatic heterocycles. The number of aliphatic carboxylic acids is 1. The van der Waals surface area contributed by atoms with Crippen LogP contribution in [0.2, 0.25) is 0 Å². The lowest BCUT2D eigenvalue weighted by Gasteiger charge is -2.19. The standard InChI is InChI=1S/C11H16BrFN2S.C2HF3O2/c1-6(9(14)4-15-7-2-3-7)11-10(13)8(12)5-16-11;3-2(4,5)1(6)7/h5-7,9,15H,2-4,14H2,1H3;(H,6,7). The summed E-state index contributed by atoms with van der Waals surface area (Å²) < 4.78 is 46.0. The number of nitrogens with one attached hydrogen (secondary N) is 1. The number of hydrogen-bond donors (Lipinski definition) is 3. The highest BCUT2D eigenvalue weighted by Crippen LogP contribution is 2.32. The molecule has 0 bridgehead atoms. The number of thiophene rings is 1. The Morgan fingerprint density at radius 2 is 2.09 bits per heavy atom. The molecule has 1 aliphatic carbocycles. The minimum absolute atomic E-state index is 0.0272. The van der Waals surface area contributed by atoms with Gasteiger partial charge in [-0.15, -0.1) is 11.3 Å². The monoisotopic (exact) mass is 420 g/mol. The Bertz CT molecular complexity index is 535. The lowest BCUT2D eigenvalue weighted by atomic mass is 10.0. The molecule has 0 spiro atoms. The van der Waals surface area contributed by atoms with E-state index >= 15 is 0 Å². The minimum Gasteiger partial charge on any atom is -0.475 e. The summed E-state index contributed by atoms with van der Waals surface area (Å²) in [6.45, 7) is 2.75. The molecule has 0 aromatic carbocycles. The predicted molar refractivity (Wildman–Crippen MR) is 83.1 cm³/mol. The van der Waals surface area contributed by atoms with Gasteiger partial charge in [0.25, 0.3) is 0 Å². The molecule has 2 atom stereocenters. The highest BCUT2D eigenvalue weighted by molar-refractivity contribution is 9.10. The van der Waals surface area contributed by atoms with Crippen molar-refractivity contribution >= 4 is 33.2 Å². The molecule has 0 radical (unpaired) electrons. The van der Waals surface area contributed by atoms with Crippen LogP contribution in [0.3, 0.4) is 0 Å². The number of carboxylic acids is 1. The Hall–Kier alpha value is -0.710. The molecule has 1 aliphatic rings. The third kappa shape index (κ3) is 6.74. The van der Waals surface area contributed by atoms with Crippen molar-refractivity contribution in [3.8, 4) is 0 Å². The van der Waals surface area contributed by atoms with Gasteiger partial charge in [-0.3, -0.25) is 0 Å². The van der Waals surface area contributed by atoms with Gasteiger partial charge >= 0.3 is 12.1 Å². The molecule has 1 aromatic rings. The van der Waals surface area contributed by atoms with Gasteiger partial charge in [0, 0.05) is 34.8 Å². The van der Waals surface area contributed by atoms with Crippen molar-refractivity contribution in [3.63, 3.8) is 0 Å². The zero-order chi connectivity index (χ0) is 17.8. The van der Waals surface area contributed by atoms with Gasteiger partial charge < -0.3 is 16.2 Å². The molecule has 1 fully saturated rings. The first-order valence-electron chi connectivity index (χ1n) is 6.75. The Labute approximate surface area is 143 Å². The average molecular weight is 421 g/mol. The zero-order valence-corrected chi connectivity index (χ0v) is 14.6. The van der Waals surface area contributed by atoms with Gasteiger partial charge in [-0.2, -0.15) is 13.2 Å². The van der Waals surface area contributed by atoms with E-state index in [9.17, 15) is 17.6 Å². The molecular formula is C13H17BrF4N2O2S. The largest absolute Gasteiger partial charge is 0.490 e. The third-order valence-electron chi connectivity index (χ3n) is 3.23. The molecule has 1 aromatic heterocycles. The van der Waals surface area contributed by atoms with Gasteiger partial charge in [0.2, 0.25) is 0 Å². The highest BCUT2D eigenvalue weighted by Gasteiger charge is 2.38. The first-order valence-corrected chi connectivity index (χ1v) is 8.42. The van der Waals surface area contributed by atoms with Crippen LogP contribution in [0.4, 0.5) is 17.6 Å². The molecule has 4 N–H and O–H groups in total. The maximum Gasteiger partial charge on any atom is 0.490 e. The van der Waals surface area contributed by atoms with Crippen LogP contribution in [0.25, 0.3) is 0 Å². The second kappa shape index (κ2) is 8.41. The number of rotatable bonds is 5. The second-order valence-corrected chi connectivity index (χ2v) is 6.97. The van der Waals surface area contributed by atoms with Gasteiger partial charge in [-0.1, -0.05) is 6.92 Å². The smallest absolute Gasteiger partial charge is 0.475 e. The van der Waals surface area contributed by atoms with Gasteiger partial charge in [0.1, 0.15) is 0 Å². The molecular weight excluding hydrogens is 404 g/mol. The summed E-state index contributed by atoms with van der Waals surface area (Å²) in [6.07, 6.45) is -2.58. The molecule has 2 rings (SSSR count). The van der Waals surface area contributed by atoms with Crippen molar-refractivity contribution in [2.45, 2.75) is 43.9 Å². The van der Waals surface area contributed by atoms with Crippen LogP contribution in [0.1, 0.15) is 30.6 Å². The number of halogens is 5. The second-order valence-electron chi connectivity index (χ2n) is 5.20. The number of alkyl halides is 3. The molecule has 23 heavy (non-hydrogen) atoms. The maximum absolute atomic E-state index is 13.7. The number of nitrogens with two attached hydrogens (primary N) is 1. The van der Waals surface area contributed by atoms with Crippen LogP contribution >= 0.6 is 27.3 Å². The zero-order valence-electron chi connectivity index (χ0n) is 12.2. The van der Waals surface area contributed by atoms with Crippen molar-refractivity contribution in [2.75, 3.05) is 6.54 Å². The quantitative estimate of drug-likeness (QED) is 0.637. The van der Waals surface area contributed by atoms with E-state index in [2.05, 4.69) is 21.2 Å². The van der Waals surface area contributed by atoms with Gasteiger partial charge in [-0.25, -0.2) is 9.18 Å². The van der Waals surface area contributed by atoms with Crippen LogP contribution in [0, 0.1) is 5.82 Å². The summed E-state index contributed by atoms with van der Waals surface area (Å²) >= 11 is 4.62. The maximum atomic E-state index is 13.7. The SMILES string of the molecule is CC(c1scc(Br)c1F)C(N)CNC1CC1.O=C(O)C(F)(F)F. The highest BCUT2D eigenvalue weighted by atomic mass is 79.9. The third-order valence-corrected chi connectivity index (χ3v) is 5.27. The average Bonchev–Trinajstić information content (AvgIpc) is 3.22. The Morgan fingerprint density at radius 1 is 1.57 bits per heavy atom. The summed E-state index contributed by atoms with van der Waals surface area (Å²) in [4.78, 5) is 9.64. The molecule has 0 amide bonds. The fourth-order valence-electron chi connectivity index (χ4n) is 1.61. The van der Waals surface area contributed by atoms with E-state index in [0.29, 0.717) is 10.5 Å². The van der Waals surface area contributed by atoms with E-state index < -0.39 is 12.1 Å². The minimum atomic E-state index is -5.08. The molecule has 10 heteroatoms. The Morgan fingerprint density at radius 3 is 2.43 bits per heavy atom.